The molecule has 1 aromatic heterocycles. The van der Waals surface area contributed by atoms with Crippen molar-refractivity contribution in [2.45, 2.75) is 13.3 Å². The highest BCUT2D eigenvalue weighted by atomic mass is 32.1. The number of hydrogen-bond acceptors (Lipinski definition) is 3. The summed E-state index contributed by atoms with van der Waals surface area (Å²) in [5.41, 5.74) is 4.38. The summed E-state index contributed by atoms with van der Waals surface area (Å²) in [6, 6.07) is 13.6. The number of hydrazone groups is 1. The number of nitrogens with zero attached hydrogens (tertiary/aromatic N) is 1. The van der Waals surface area contributed by atoms with Crippen LogP contribution in [-0.2, 0) is 11.2 Å². The first-order valence-electron chi connectivity index (χ1n) is 5.66. The monoisotopic (exact) mass is 258 g/mol. The predicted octanol–water partition coefficient (Wildman–Crippen LogP) is 2.83. The van der Waals surface area contributed by atoms with E-state index < -0.39 is 0 Å². The van der Waals surface area contributed by atoms with Gasteiger partial charge in [-0.15, -0.1) is 11.3 Å². The first-order chi connectivity index (χ1) is 8.75. The Labute approximate surface area is 110 Å². The van der Waals surface area contributed by atoms with E-state index in [-0.39, 0.29) is 5.91 Å². The second-order valence-corrected chi connectivity index (χ2v) is 4.89. The van der Waals surface area contributed by atoms with E-state index in [9.17, 15) is 4.79 Å². The lowest BCUT2D eigenvalue weighted by molar-refractivity contribution is -0.120. The molecule has 0 unspecified atom stereocenters. The minimum Gasteiger partial charge on any atom is -0.273 e. The molecule has 1 aromatic carbocycles. The van der Waals surface area contributed by atoms with E-state index in [1.807, 2.05) is 54.8 Å². The van der Waals surface area contributed by atoms with Gasteiger partial charge in [-0.2, -0.15) is 5.10 Å². The fourth-order valence-electron chi connectivity index (χ4n) is 1.50. The van der Waals surface area contributed by atoms with Crippen molar-refractivity contribution in [2.75, 3.05) is 0 Å². The second-order valence-electron chi connectivity index (χ2n) is 3.85. The van der Waals surface area contributed by atoms with Crippen LogP contribution >= 0.6 is 11.3 Å². The van der Waals surface area contributed by atoms with Crippen LogP contribution in [0.5, 0.6) is 0 Å². The first kappa shape index (κ1) is 12.5. The fraction of sp³-hybridized carbons (Fsp3) is 0.143. The molecule has 0 saturated heterocycles. The minimum atomic E-state index is -0.0901. The van der Waals surface area contributed by atoms with Crippen molar-refractivity contribution < 1.29 is 4.79 Å². The van der Waals surface area contributed by atoms with Gasteiger partial charge in [-0.25, -0.2) is 5.43 Å². The molecule has 0 spiro atoms. The Balaban J connectivity index is 1.92. The summed E-state index contributed by atoms with van der Waals surface area (Å²) in [7, 11) is 0. The molecule has 2 aromatic rings. The maximum Gasteiger partial charge on any atom is 0.245 e. The smallest absolute Gasteiger partial charge is 0.245 e. The summed E-state index contributed by atoms with van der Waals surface area (Å²) in [4.78, 5) is 12.7. The van der Waals surface area contributed by atoms with Gasteiger partial charge in [-0.3, -0.25) is 4.79 Å². The number of carbonyl (C=O) groups is 1. The molecular weight excluding hydrogens is 244 g/mol. The van der Waals surface area contributed by atoms with Crippen molar-refractivity contribution in [3.63, 3.8) is 0 Å². The van der Waals surface area contributed by atoms with Crippen molar-refractivity contribution in [3.05, 3.63) is 58.3 Å². The molecular formula is C14H14N2OS. The summed E-state index contributed by atoms with van der Waals surface area (Å²) in [5.74, 6) is -0.0901. The molecule has 0 fully saturated rings. The van der Waals surface area contributed by atoms with Crippen LogP contribution in [0.25, 0.3) is 0 Å². The fourth-order valence-corrected chi connectivity index (χ4v) is 2.20. The predicted molar refractivity (Wildman–Crippen MR) is 74.8 cm³/mol. The zero-order valence-electron chi connectivity index (χ0n) is 10.1. The highest BCUT2D eigenvalue weighted by molar-refractivity contribution is 7.10. The van der Waals surface area contributed by atoms with Gasteiger partial charge < -0.3 is 0 Å². The van der Waals surface area contributed by atoms with Crippen molar-refractivity contribution in [3.8, 4) is 0 Å². The van der Waals surface area contributed by atoms with Crippen molar-refractivity contribution in [1.82, 2.24) is 5.43 Å². The van der Waals surface area contributed by atoms with Gasteiger partial charge >= 0.3 is 0 Å². The van der Waals surface area contributed by atoms with Gasteiger partial charge in [0.15, 0.2) is 0 Å². The van der Waals surface area contributed by atoms with E-state index in [2.05, 4.69) is 10.5 Å². The average Bonchev–Trinajstić information content (AvgIpc) is 2.90. The molecule has 92 valence electrons. The second kappa shape index (κ2) is 6.12. The molecule has 0 aliphatic rings. The lowest BCUT2D eigenvalue weighted by Crippen LogP contribution is -2.20. The van der Waals surface area contributed by atoms with Gasteiger partial charge in [-0.05, 0) is 23.9 Å². The molecule has 0 saturated carbocycles. The molecule has 0 aliphatic carbocycles. The third-order valence-corrected chi connectivity index (χ3v) is 3.33. The molecule has 18 heavy (non-hydrogen) atoms. The molecule has 0 atom stereocenters. The van der Waals surface area contributed by atoms with Crippen LogP contribution in [-0.4, -0.2) is 11.6 Å². The summed E-state index contributed by atoms with van der Waals surface area (Å²) < 4.78 is 0. The molecule has 0 radical (unpaired) electrons. The maximum absolute atomic E-state index is 11.6. The Hall–Kier alpha value is -1.94. The normalized spacial score (nSPS) is 11.3. The average molecular weight is 258 g/mol. The van der Waals surface area contributed by atoms with E-state index >= 15 is 0 Å². The summed E-state index contributed by atoms with van der Waals surface area (Å²) in [6.07, 6.45) is 0.378. The lowest BCUT2D eigenvalue weighted by atomic mass is 10.1. The molecule has 1 amide bonds. The van der Waals surface area contributed by atoms with E-state index in [0.717, 1.165) is 16.2 Å². The third kappa shape index (κ3) is 3.53. The van der Waals surface area contributed by atoms with E-state index in [4.69, 9.17) is 0 Å². The van der Waals surface area contributed by atoms with Crippen LogP contribution in [0.1, 0.15) is 17.4 Å². The van der Waals surface area contributed by atoms with Crippen LogP contribution in [0.3, 0.4) is 0 Å². The molecule has 3 nitrogen and oxygen atoms in total. The van der Waals surface area contributed by atoms with Gasteiger partial charge in [-0.1, -0.05) is 36.4 Å². The zero-order valence-corrected chi connectivity index (χ0v) is 10.9. The quantitative estimate of drug-likeness (QED) is 0.665. The number of amides is 1. The van der Waals surface area contributed by atoms with Gasteiger partial charge in [0.1, 0.15) is 0 Å². The molecule has 1 N–H and O–H groups in total. The molecule has 0 bridgehead atoms. The standard InChI is InChI=1S/C14H14N2OS/c1-11(12-6-3-2-4-7-12)15-16-14(17)10-13-8-5-9-18-13/h2-9H,10H2,1H3,(H,16,17)/b15-11+. The van der Waals surface area contributed by atoms with Gasteiger partial charge in [0.25, 0.3) is 0 Å². The van der Waals surface area contributed by atoms with Crippen molar-refractivity contribution in [1.29, 1.82) is 0 Å². The highest BCUT2D eigenvalue weighted by Gasteiger charge is 2.03. The van der Waals surface area contributed by atoms with E-state index in [1.54, 1.807) is 11.3 Å². The summed E-state index contributed by atoms with van der Waals surface area (Å²) in [6.45, 7) is 1.88. The number of thiophene rings is 1. The Kier molecular flexibility index (Phi) is 4.25. The summed E-state index contributed by atoms with van der Waals surface area (Å²) in [5, 5.41) is 6.06. The highest BCUT2D eigenvalue weighted by Crippen LogP contribution is 2.08. The molecule has 1 heterocycles. The zero-order chi connectivity index (χ0) is 12.8. The maximum atomic E-state index is 11.6. The Morgan fingerprint density at radius 2 is 2.00 bits per heavy atom. The first-order valence-corrected chi connectivity index (χ1v) is 6.54. The topological polar surface area (TPSA) is 41.5 Å². The number of benzene rings is 1. The number of nitrogens with one attached hydrogen (secondary N) is 1. The molecule has 4 heteroatoms. The van der Waals surface area contributed by atoms with Crippen LogP contribution in [0.2, 0.25) is 0 Å². The molecule has 2 rings (SSSR count). The van der Waals surface area contributed by atoms with Crippen LogP contribution in [0.4, 0.5) is 0 Å². The lowest BCUT2D eigenvalue weighted by Gasteiger charge is -2.01. The van der Waals surface area contributed by atoms with Gasteiger partial charge in [0.2, 0.25) is 5.91 Å². The third-order valence-electron chi connectivity index (χ3n) is 2.45. The SMILES string of the molecule is C/C(=N\NC(=O)Cc1cccs1)c1ccccc1. The van der Waals surface area contributed by atoms with Crippen LogP contribution in [0.15, 0.2) is 52.9 Å². The van der Waals surface area contributed by atoms with Gasteiger partial charge in [0, 0.05) is 4.88 Å². The number of rotatable bonds is 4. The Bertz CT molecular complexity index is 532. The molecule has 0 aliphatic heterocycles. The van der Waals surface area contributed by atoms with Gasteiger partial charge in [0.05, 0.1) is 12.1 Å². The summed E-state index contributed by atoms with van der Waals surface area (Å²) >= 11 is 1.57. The minimum absolute atomic E-state index is 0.0901. The van der Waals surface area contributed by atoms with Crippen LogP contribution < -0.4 is 5.43 Å². The van der Waals surface area contributed by atoms with Crippen molar-refractivity contribution >= 4 is 23.0 Å². The number of carbonyl (C=O) groups excluding carboxylic acids is 1. The number of hydrogen-bond donors (Lipinski definition) is 1. The Morgan fingerprint density at radius 1 is 1.22 bits per heavy atom. The van der Waals surface area contributed by atoms with E-state index in [1.165, 1.54) is 0 Å². The Morgan fingerprint density at radius 3 is 2.67 bits per heavy atom. The van der Waals surface area contributed by atoms with Crippen molar-refractivity contribution in [2.24, 2.45) is 5.10 Å². The van der Waals surface area contributed by atoms with E-state index in [0.29, 0.717) is 6.42 Å². The van der Waals surface area contributed by atoms with Crippen LogP contribution in [0, 0.1) is 0 Å². The largest absolute Gasteiger partial charge is 0.273 e.